The number of aryl methyl sites for hydroxylation is 1. The Kier molecular flexibility index (Phi) is 5.03. The van der Waals surface area contributed by atoms with Crippen LogP contribution < -0.4 is 5.32 Å². The molecule has 0 unspecified atom stereocenters. The molecule has 0 bridgehead atoms. The van der Waals surface area contributed by atoms with Crippen molar-refractivity contribution < 1.29 is 4.74 Å². The van der Waals surface area contributed by atoms with Gasteiger partial charge in [0.15, 0.2) is 11.5 Å². The smallest absolute Gasteiger partial charge is 0.182 e. The molecule has 0 spiro atoms. The van der Waals surface area contributed by atoms with Crippen LogP contribution in [0.15, 0.2) is 24.7 Å². The lowest BCUT2D eigenvalue weighted by molar-refractivity contribution is -0.0664. The maximum Gasteiger partial charge on any atom is 0.182 e. The van der Waals surface area contributed by atoms with Gasteiger partial charge in [-0.15, -0.1) is 0 Å². The average molecular weight is 327 g/mol. The van der Waals surface area contributed by atoms with E-state index in [1.807, 2.05) is 23.9 Å². The van der Waals surface area contributed by atoms with Crippen molar-refractivity contribution >= 4 is 5.82 Å². The van der Waals surface area contributed by atoms with Gasteiger partial charge >= 0.3 is 0 Å². The maximum atomic E-state index is 9.13. The molecule has 2 aromatic heterocycles. The second kappa shape index (κ2) is 7.38. The van der Waals surface area contributed by atoms with E-state index in [9.17, 15) is 0 Å². The quantitative estimate of drug-likeness (QED) is 0.874. The number of likely N-dealkylation sites (N-methyl/N-ethyl adjacent to an activating group) is 1. The highest BCUT2D eigenvalue weighted by Gasteiger charge is 2.34. The Balaban J connectivity index is 1.80. The monoisotopic (exact) mass is 327 g/mol. The molecule has 2 aromatic rings. The molecule has 1 aliphatic heterocycles. The van der Waals surface area contributed by atoms with Crippen LogP contribution in [0.1, 0.15) is 24.4 Å². The normalized spacial score (nSPS) is 21.4. The second-order valence-corrected chi connectivity index (χ2v) is 5.61. The van der Waals surface area contributed by atoms with E-state index in [0.717, 1.165) is 18.8 Å². The molecule has 1 fully saturated rings. The van der Waals surface area contributed by atoms with Crippen molar-refractivity contribution in [2.45, 2.75) is 19.1 Å². The molecular weight excluding hydrogens is 306 g/mol. The molecule has 1 saturated heterocycles. The predicted molar refractivity (Wildman–Crippen MR) is 88.2 cm³/mol. The summed E-state index contributed by atoms with van der Waals surface area (Å²) >= 11 is 0. The van der Waals surface area contributed by atoms with Crippen LogP contribution in [0.2, 0.25) is 0 Å². The van der Waals surface area contributed by atoms with Gasteiger partial charge in [-0.3, -0.25) is 9.58 Å². The summed E-state index contributed by atoms with van der Waals surface area (Å²) in [5.41, 5.74) is 1.40. The average Bonchev–Trinajstić information content (AvgIpc) is 3.05. The Morgan fingerprint density at radius 1 is 1.38 bits per heavy atom. The number of hydrogen-bond acceptors (Lipinski definition) is 7. The number of nitrogens with zero attached hydrogens (tertiary/aromatic N) is 6. The van der Waals surface area contributed by atoms with Gasteiger partial charge in [0.05, 0.1) is 24.4 Å². The number of ether oxygens (including phenoxy) is 1. The number of anilines is 1. The molecule has 0 aromatic carbocycles. The molecular formula is C16H21N7O. The van der Waals surface area contributed by atoms with Crippen LogP contribution in [-0.2, 0) is 11.8 Å². The van der Waals surface area contributed by atoms with E-state index in [4.69, 9.17) is 10.00 Å². The van der Waals surface area contributed by atoms with Crippen molar-refractivity contribution in [2.75, 3.05) is 31.6 Å². The third-order valence-corrected chi connectivity index (χ3v) is 4.30. The fourth-order valence-corrected chi connectivity index (χ4v) is 3.11. The Morgan fingerprint density at radius 2 is 2.21 bits per heavy atom. The van der Waals surface area contributed by atoms with Gasteiger partial charge in [0, 0.05) is 38.7 Å². The Labute approximate surface area is 141 Å². The standard InChI is InChI=1S/C16H21N7O/c1-3-23-8-9-24-14(15(23)13-4-5-21-22(13)2)11-20-16-12(10-17)18-6-7-19-16/h4-7,14-15H,3,8-9,11H2,1-2H3,(H,19,20)/t14-,15-/m0/s1. The van der Waals surface area contributed by atoms with Gasteiger partial charge < -0.3 is 10.1 Å². The Bertz CT molecular complexity index is 723. The Hall–Kier alpha value is -2.50. The molecule has 3 rings (SSSR count). The molecule has 126 valence electrons. The zero-order valence-electron chi connectivity index (χ0n) is 13.9. The first-order valence-electron chi connectivity index (χ1n) is 8.03. The lowest BCUT2D eigenvalue weighted by Gasteiger charge is -2.40. The number of aromatic nitrogens is 4. The molecule has 2 atom stereocenters. The maximum absolute atomic E-state index is 9.13. The first-order valence-corrected chi connectivity index (χ1v) is 8.03. The van der Waals surface area contributed by atoms with E-state index in [1.54, 1.807) is 12.4 Å². The van der Waals surface area contributed by atoms with Gasteiger partial charge in [-0.25, -0.2) is 9.97 Å². The molecule has 3 heterocycles. The van der Waals surface area contributed by atoms with Crippen molar-refractivity contribution in [3.8, 4) is 6.07 Å². The van der Waals surface area contributed by atoms with Gasteiger partial charge in [0.25, 0.3) is 0 Å². The number of nitriles is 1. The summed E-state index contributed by atoms with van der Waals surface area (Å²) in [5, 5.41) is 16.6. The fourth-order valence-electron chi connectivity index (χ4n) is 3.11. The van der Waals surface area contributed by atoms with Crippen LogP contribution >= 0.6 is 0 Å². The third-order valence-electron chi connectivity index (χ3n) is 4.30. The number of morpholine rings is 1. The lowest BCUT2D eigenvalue weighted by atomic mass is 10.0. The summed E-state index contributed by atoms with van der Waals surface area (Å²) in [5.74, 6) is 0.487. The third kappa shape index (κ3) is 3.22. The fraction of sp³-hybridized carbons (Fsp3) is 0.500. The van der Waals surface area contributed by atoms with Gasteiger partial charge in [-0.1, -0.05) is 6.92 Å². The number of nitrogens with one attached hydrogen (secondary N) is 1. The van der Waals surface area contributed by atoms with Crippen molar-refractivity contribution in [3.05, 3.63) is 36.0 Å². The number of hydrogen-bond donors (Lipinski definition) is 1. The zero-order chi connectivity index (χ0) is 16.9. The van der Waals surface area contributed by atoms with E-state index in [-0.39, 0.29) is 17.8 Å². The highest BCUT2D eigenvalue weighted by Crippen LogP contribution is 2.29. The van der Waals surface area contributed by atoms with E-state index in [0.29, 0.717) is 19.0 Å². The zero-order valence-corrected chi connectivity index (χ0v) is 13.9. The summed E-state index contributed by atoms with van der Waals surface area (Å²) in [6.07, 6.45) is 4.82. The number of rotatable bonds is 5. The highest BCUT2D eigenvalue weighted by atomic mass is 16.5. The van der Waals surface area contributed by atoms with E-state index in [2.05, 4.69) is 32.2 Å². The first-order chi connectivity index (χ1) is 11.7. The van der Waals surface area contributed by atoms with Gasteiger partial charge in [-0.05, 0) is 12.6 Å². The van der Waals surface area contributed by atoms with Crippen molar-refractivity contribution in [1.29, 1.82) is 5.26 Å². The molecule has 24 heavy (non-hydrogen) atoms. The molecule has 1 N–H and O–H groups in total. The minimum absolute atomic E-state index is 0.0670. The lowest BCUT2D eigenvalue weighted by Crippen LogP contribution is -2.48. The molecule has 8 nitrogen and oxygen atoms in total. The molecule has 0 amide bonds. The summed E-state index contributed by atoms with van der Waals surface area (Å²) in [6.45, 7) is 5.19. The van der Waals surface area contributed by atoms with Crippen molar-refractivity contribution in [1.82, 2.24) is 24.6 Å². The summed E-state index contributed by atoms with van der Waals surface area (Å²) < 4.78 is 7.91. The van der Waals surface area contributed by atoms with Crippen molar-refractivity contribution in [3.63, 3.8) is 0 Å². The minimum Gasteiger partial charge on any atom is -0.373 e. The second-order valence-electron chi connectivity index (χ2n) is 5.61. The van der Waals surface area contributed by atoms with Crippen LogP contribution in [0.3, 0.4) is 0 Å². The molecule has 0 radical (unpaired) electrons. The predicted octanol–water partition coefficient (Wildman–Crippen LogP) is 0.956. The van der Waals surface area contributed by atoms with Gasteiger partial charge in [0.1, 0.15) is 6.07 Å². The van der Waals surface area contributed by atoms with E-state index in [1.165, 1.54) is 6.20 Å². The van der Waals surface area contributed by atoms with Crippen LogP contribution in [0, 0.1) is 11.3 Å². The first kappa shape index (κ1) is 16.4. The molecule has 1 aliphatic rings. The minimum atomic E-state index is -0.0670. The molecule has 0 aliphatic carbocycles. The molecule has 8 heteroatoms. The summed E-state index contributed by atoms with van der Waals surface area (Å²) in [6, 6.07) is 4.18. The van der Waals surface area contributed by atoms with Crippen LogP contribution in [-0.4, -0.2) is 57.0 Å². The Morgan fingerprint density at radius 3 is 2.92 bits per heavy atom. The van der Waals surface area contributed by atoms with Crippen LogP contribution in [0.4, 0.5) is 5.82 Å². The van der Waals surface area contributed by atoms with E-state index >= 15 is 0 Å². The van der Waals surface area contributed by atoms with Crippen LogP contribution in [0.5, 0.6) is 0 Å². The highest BCUT2D eigenvalue weighted by molar-refractivity contribution is 5.46. The van der Waals surface area contributed by atoms with Crippen molar-refractivity contribution in [2.24, 2.45) is 7.05 Å². The van der Waals surface area contributed by atoms with E-state index < -0.39 is 0 Å². The molecule has 0 saturated carbocycles. The summed E-state index contributed by atoms with van der Waals surface area (Å²) in [7, 11) is 1.94. The topological polar surface area (TPSA) is 91.9 Å². The van der Waals surface area contributed by atoms with Gasteiger partial charge in [0.2, 0.25) is 0 Å². The largest absolute Gasteiger partial charge is 0.373 e. The SMILES string of the molecule is CCN1CCO[C@@H](CNc2nccnc2C#N)[C@@H]1c1ccnn1C. The van der Waals surface area contributed by atoms with Crippen LogP contribution in [0.25, 0.3) is 0 Å². The van der Waals surface area contributed by atoms with Gasteiger partial charge in [-0.2, -0.15) is 10.4 Å². The summed E-state index contributed by atoms with van der Waals surface area (Å²) in [4.78, 5) is 10.6.